The molecule has 0 radical (unpaired) electrons. The number of fused-ring (bicyclic) bond motifs is 8. The third kappa shape index (κ3) is 18.6. The van der Waals surface area contributed by atoms with Gasteiger partial charge in [0.2, 0.25) is 0 Å². The molecule has 146 heavy (non-hydrogen) atoms. The van der Waals surface area contributed by atoms with E-state index < -0.39 is 0 Å². The molecule has 4 aliphatic rings. The zero-order chi connectivity index (χ0) is 102. The Hall–Kier alpha value is -15.1. The molecule has 0 saturated heterocycles. The molecule has 0 N–H and O–H groups in total. The van der Waals surface area contributed by atoms with Gasteiger partial charge in [0.05, 0.1) is 0 Å². The molecule has 0 spiro atoms. The summed E-state index contributed by atoms with van der Waals surface area (Å²) < 4.78 is 0. The van der Waals surface area contributed by atoms with Crippen molar-refractivity contribution in [3.8, 4) is 90.1 Å². The summed E-state index contributed by atoms with van der Waals surface area (Å²) in [5.74, 6) is 2.50. The molecule has 6 heterocycles. The van der Waals surface area contributed by atoms with E-state index in [1.807, 2.05) is 12.1 Å². The molecule has 724 valence electrons. The number of hydrogen-bond acceptors (Lipinski definition) is 10. The van der Waals surface area contributed by atoms with E-state index in [9.17, 15) is 0 Å². The van der Waals surface area contributed by atoms with Crippen molar-refractivity contribution in [2.24, 2.45) is 0 Å². The fraction of sp³-hybridized carbons (Fsp3) is 0.239. The molecule has 0 amide bonds. The summed E-state index contributed by atoms with van der Waals surface area (Å²) in [5, 5.41) is 0. The van der Waals surface area contributed by atoms with Gasteiger partial charge in [0.1, 0.15) is 12.7 Å². The van der Waals surface area contributed by atoms with Crippen LogP contribution in [0.15, 0.2) is 365 Å². The maximum absolute atomic E-state index is 5.46. The van der Waals surface area contributed by atoms with Crippen LogP contribution in [0.1, 0.15) is 211 Å². The quantitative estimate of drug-likeness (QED) is 0.110. The van der Waals surface area contributed by atoms with Gasteiger partial charge in [0, 0.05) is 90.5 Å². The molecular weight excluding hydrogens is 1770 g/mol. The van der Waals surface area contributed by atoms with Crippen LogP contribution in [0, 0.1) is 0 Å². The molecular formula is C134H132B2N10. The lowest BCUT2D eigenvalue weighted by Gasteiger charge is -2.45. The van der Waals surface area contributed by atoms with Gasteiger partial charge in [0.15, 0.2) is 23.3 Å². The van der Waals surface area contributed by atoms with Gasteiger partial charge in [-0.15, -0.1) is 0 Å². The number of aromatic nitrogens is 6. The summed E-state index contributed by atoms with van der Waals surface area (Å²) in [6, 6.07) is 131. The van der Waals surface area contributed by atoms with Crippen LogP contribution in [-0.2, 0) is 43.3 Å². The van der Waals surface area contributed by atoms with E-state index in [2.05, 4.69) is 530 Å². The van der Waals surface area contributed by atoms with Crippen molar-refractivity contribution in [2.75, 3.05) is 19.6 Å². The summed E-state index contributed by atoms with van der Waals surface area (Å²) >= 11 is 0. The monoisotopic (exact) mass is 1900 g/mol. The van der Waals surface area contributed by atoms with E-state index in [0.29, 0.717) is 23.3 Å². The molecule has 0 atom stereocenters. The van der Waals surface area contributed by atoms with Crippen LogP contribution < -0.4 is 52.4 Å². The first-order valence-electron chi connectivity index (χ1n) is 51.9. The normalized spacial score (nSPS) is 13.4. The number of nitrogens with zero attached hydrogens (tertiary/aromatic N) is 10. The highest BCUT2D eigenvalue weighted by molar-refractivity contribution is 7.01. The van der Waals surface area contributed by atoms with Crippen LogP contribution in [0.4, 0.5) is 68.2 Å². The first kappa shape index (κ1) is 97.0. The number of benzene rings is 16. The summed E-state index contributed by atoms with van der Waals surface area (Å²) in [6.07, 6.45) is 3.22. The fourth-order valence-electron chi connectivity index (χ4n) is 21.4. The Morgan fingerprint density at radius 1 is 0.171 bits per heavy atom. The Morgan fingerprint density at radius 3 is 0.568 bits per heavy atom. The van der Waals surface area contributed by atoms with Crippen LogP contribution >= 0.6 is 0 Å². The molecule has 0 fully saturated rings. The van der Waals surface area contributed by atoms with Crippen LogP contribution in [0.5, 0.6) is 0 Å². The van der Waals surface area contributed by atoms with Crippen molar-refractivity contribution in [3.63, 3.8) is 0 Å². The SMILES string of the molecule is CC(C)(C)c1cc(N2c3ccc(-c4ccccc4)cc3B3c4cc(-c5ccccc5)ccc4N(c4cc(C(C)(C)C)cc(C(C)(C)C)c4)c4cc(-c5nc(-c6ccccc6)nc(-c6ccccc6)n5)cc2c43)cc(C(C)(C)C)c1.CC(C)(C)c1cc(N2c3ccc(-c4ccccc4)cc3B3c4cc(-c5ccccc5)ccc4N(c4cc(C(C)(C)C)cc(C(C)(C)C)c4)c4cc(-c5ncncn5)cc2c43)cc(C(C)(C)C)c1. The first-order chi connectivity index (χ1) is 69.4. The van der Waals surface area contributed by atoms with Crippen molar-refractivity contribution < 1.29 is 0 Å². The second kappa shape index (κ2) is 36.6. The zero-order valence-electron chi connectivity index (χ0n) is 89.3. The lowest BCUT2D eigenvalue weighted by Crippen LogP contribution is -2.61. The summed E-state index contributed by atoms with van der Waals surface area (Å²) in [6.45, 7) is 55.6. The summed E-state index contributed by atoms with van der Waals surface area (Å²) in [5.41, 5.74) is 43.8. The Bertz CT molecular complexity index is 7480. The number of rotatable bonds is 12. The van der Waals surface area contributed by atoms with E-state index in [1.165, 1.54) is 122 Å². The lowest BCUT2D eigenvalue weighted by molar-refractivity contribution is 0.568. The molecule has 4 aliphatic heterocycles. The van der Waals surface area contributed by atoms with Gasteiger partial charge in [-0.2, -0.15) is 0 Å². The maximum Gasteiger partial charge on any atom is 0.252 e. The Balaban J connectivity index is 0.000000174. The smallest absolute Gasteiger partial charge is 0.252 e. The van der Waals surface area contributed by atoms with Gasteiger partial charge in [-0.3, -0.25) is 0 Å². The fourth-order valence-corrected chi connectivity index (χ4v) is 21.4. The Morgan fingerprint density at radius 2 is 0.363 bits per heavy atom. The van der Waals surface area contributed by atoms with E-state index in [1.54, 1.807) is 12.7 Å². The molecule has 0 bridgehead atoms. The van der Waals surface area contributed by atoms with Crippen LogP contribution in [0.25, 0.3) is 90.1 Å². The third-order valence-corrected chi connectivity index (χ3v) is 29.9. The average molecular weight is 1900 g/mol. The van der Waals surface area contributed by atoms with E-state index in [-0.39, 0.29) is 56.7 Å². The van der Waals surface area contributed by atoms with Crippen molar-refractivity contribution in [2.45, 2.75) is 209 Å². The van der Waals surface area contributed by atoms with Gasteiger partial charge >= 0.3 is 0 Å². The van der Waals surface area contributed by atoms with Gasteiger partial charge < -0.3 is 19.6 Å². The lowest BCUT2D eigenvalue weighted by atomic mass is 9.33. The van der Waals surface area contributed by atoms with Gasteiger partial charge in [-0.25, -0.2) is 29.9 Å². The number of hydrogen-bond donors (Lipinski definition) is 0. The van der Waals surface area contributed by atoms with Crippen molar-refractivity contribution in [1.82, 2.24) is 29.9 Å². The largest absolute Gasteiger partial charge is 0.311 e. The van der Waals surface area contributed by atoms with Gasteiger partial charge in [-0.1, -0.05) is 421 Å². The highest BCUT2D eigenvalue weighted by Gasteiger charge is 2.48. The van der Waals surface area contributed by atoms with Crippen LogP contribution in [0.2, 0.25) is 0 Å². The van der Waals surface area contributed by atoms with Crippen LogP contribution in [-0.4, -0.2) is 43.3 Å². The van der Waals surface area contributed by atoms with E-state index in [0.717, 1.165) is 90.5 Å². The van der Waals surface area contributed by atoms with Crippen LogP contribution in [0.3, 0.4) is 0 Å². The minimum Gasteiger partial charge on any atom is -0.311 e. The number of anilines is 12. The minimum atomic E-state index is -0.164. The molecule has 0 saturated carbocycles. The molecule has 0 unspecified atom stereocenters. The van der Waals surface area contributed by atoms with E-state index in [4.69, 9.17) is 24.9 Å². The standard InChI is InChI=1S/C73H70BN5.C61H62BN5/c1-70(2,3)54-41-55(71(4,5)6)44-58(43-54)78-62-35-33-51(47-25-17-13-18-26-47)37-60(62)74-61-38-52(48-27-19-14-20-28-48)34-36-63(61)79(59-45-56(72(7,8)9)42-57(46-59)73(10,11)12)65-40-53(39-64(78)66(65)74)69-76-67(49-29-21-15-22-30-49)75-68(77-69)50-31-23-16-24-32-50;1-58(2,3)44-31-45(59(4,5)6)34-48(33-44)66-52-25-23-41(39-19-15-13-16-20-39)27-50(52)62-51-28-42(40-21-17-14-18-22-40)24-26-53(51)67(49-35-46(60(7,8)9)32-47(36-49)61(10,11)12)55-30-43(29-54(66)56(55)62)57-64-37-63-38-65-57/h13-46H,1-12H3;13-38H,1-12H3. The van der Waals surface area contributed by atoms with Crippen molar-refractivity contribution >= 4 is 114 Å². The van der Waals surface area contributed by atoms with Crippen molar-refractivity contribution in [3.05, 3.63) is 409 Å². The molecule has 10 nitrogen and oxygen atoms in total. The molecule has 0 aliphatic carbocycles. The zero-order valence-corrected chi connectivity index (χ0v) is 89.3. The topological polar surface area (TPSA) is 90.3 Å². The molecule has 12 heteroatoms. The minimum absolute atomic E-state index is 0.0904. The summed E-state index contributed by atoms with van der Waals surface area (Å²) in [4.78, 5) is 40.2. The predicted molar refractivity (Wildman–Crippen MR) is 621 cm³/mol. The average Bonchev–Trinajstić information content (AvgIpc) is 0.692. The highest BCUT2D eigenvalue weighted by atomic mass is 15.2. The van der Waals surface area contributed by atoms with Crippen molar-refractivity contribution in [1.29, 1.82) is 0 Å². The Kier molecular flexibility index (Phi) is 24.3. The highest BCUT2D eigenvalue weighted by Crippen LogP contribution is 2.54. The second-order valence-electron chi connectivity index (χ2n) is 48.7. The molecule has 2 aromatic heterocycles. The molecule has 16 aromatic carbocycles. The van der Waals surface area contributed by atoms with Gasteiger partial charge in [0.25, 0.3) is 13.4 Å². The maximum atomic E-state index is 5.46. The van der Waals surface area contributed by atoms with E-state index >= 15 is 0 Å². The first-order valence-corrected chi connectivity index (χ1v) is 51.9. The predicted octanol–water partition coefficient (Wildman–Crippen LogP) is 31.6. The van der Waals surface area contributed by atoms with Gasteiger partial charge in [-0.05, 0) is 262 Å². The molecule has 22 rings (SSSR count). The summed E-state index contributed by atoms with van der Waals surface area (Å²) in [7, 11) is 0. The second-order valence-corrected chi connectivity index (χ2v) is 48.7. The third-order valence-electron chi connectivity index (χ3n) is 29.9. The molecule has 18 aromatic rings. The Labute approximate surface area is 866 Å².